The van der Waals surface area contributed by atoms with Crippen LogP contribution in [-0.4, -0.2) is 29.1 Å². The fourth-order valence-corrected chi connectivity index (χ4v) is 3.39. The topological polar surface area (TPSA) is 97.3 Å². The first-order valence-corrected chi connectivity index (χ1v) is 10.2. The molecule has 2 atom stereocenters. The van der Waals surface area contributed by atoms with Crippen LogP contribution in [0.4, 0.5) is 0 Å². The summed E-state index contributed by atoms with van der Waals surface area (Å²) in [4.78, 5) is 25.2. The summed E-state index contributed by atoms with van der Waals surface area (Å²) in [6.45, 7) is 5.58. The minimum absolute atomic E-state index is 0.0292. The summed E-state index contributed by atoms with van der Waals surface area (Å²) >= 11 is 0. The fraction of sp³-hybridized carbons (Fsp3) is 0.292. The number of carbonyl (C=O) groups is 2. The van der Waals surface area contributed by atoms with E-state index < -0.39 is 18.0 Å². The van der Waals surface area contributed by atoms with E-state index in [4.69, 9.17) is 9.15 Å². The summed E-state index contributed by atoms with van der Waals surface area (Å²) < 4.78 is 12.6. The number of amides is 1. The predicted octanol–water partition coefficient (Wildman–Crippen LogP) is 4.11. The largest absolute Gasteiger partial charge is 0.449 e. The summed E-state index contributed by atoms with van der Waals surface area (Å²) in [6.07, 6.45) is 3.26. The zero-order valence-electron chi connectivity index (χ0n) is 17.8. The Morgan fingerprint density at radius 2 is 1.87 bits per heavy atom. The molecule has 7 heteroatoms. The van der Waals surface area contributed by atoms with Crippen molar-refractivity contribution in [3.05, 3.63) is 77.3 Å². The molecule has 0 fully saturated rings. The first-order valence-electron chi connectivity index (χ1n) is 10.2. The van der Waals surface area contributed by atoms with Gasteiger partial charge >= 0.3 is 5.97 Å². The van der Waals surface area contributed by atoms with Crippen molar-refractivity contribution in [2.45, 2.75) is 39.2 Å². The highest BCUT2D eigenvalue weighted by atomic mass is 16.5. The fourth-order valence-electron chi connectivity index (χ4n) is 3.39. The van der Waals surface area contributed by atoms with Crippen LogP contribution in [0.5, 0.6) is 0 Å². The van der Waals surface area contributed by atoms with Crippen LogP contribution in [0.3, 0.4) is 0 Å². The number of carbonyl (C=O) groups excluding carboxylic acids is 2. The second-order valence-corrected chi connectivity index (χ2v) is 7.22. The van der Waals surface area contributed by atoms with Gasteiger partial charge in [0.25, 0.3) is 5.91 Å². The first-order chi connectivity index (χ1) is 15.0. The lowest BCUT2D eigenvalue weighted by molar-refractivity contribution is -0.129. The van der Waals surface area contributed by atoms with Crippen molar-refractivity contribution < 1.29 is 18.7 Å². The highest BCUT2D eigenvalue weighted by Gasteiger charge is 2.28. The molecule has 0 aliphatic heterocycles. The van der Waals surface area contributed by atoms with Crippen LogP contribution in [-0.2, 0) is 9.53 Å². The number of furan rings is 1. The quantitative estimate of drug-likeness (QED) is 0.554. The number of nitrogens with one attached hydrogen (secondary N) is 1. The van der Waals surface area contributed by atoms with E-state index in [1.165, 1.54) is 6.92 Å². The van der Waals surface area contributed by atoms with Gasteiger partial charge in [0, 0.05) is 24.9 Å². The average Bonchev–Trinajstić information content (AvgIpc) is 3.42. The van der Waals surface area contributed by atoms with E-state index in [0.29, 0.717) is 6.54 Å². The molecule has 1 N–H and O–H groups in total. The lowest BCUT2D eigenvalue weighted by atomic mass is 9.96. The SMILES string of the molecule is CC[C@@H](CNC(=O)[C@H](C)OC(=O)c1c(C)oc(-n2cccc2)c1C#N)c1ccccc1. The van der Waals surface area contributed by atoms with Crippen molar-refractivity contribution in [2.24, 2.45) is 0 Å². The van der Waals surface area contributed by atoms with E-state index in [1.54, 1.807) is 36.0 Å². The zero-order chi connectivity index (χ0) is 22.4. The van der Waals surface area contributed by atoms with Crippen LogP contribution in [0.2, 0.25) is 0 Å². The van der Waals surface area contributed by atoms with Crippen LogP contribution in [0, 0.1) is 18.3 Å². The zero-order valence-corrected chi connectivity index (χ0v) is 17.8. The van der Waals surface area contributed by atoms with E-state index >= 15 is 0 Å². The van der Waals surface area contributed by atoms with Gasteiger partial charge in [0.05, 0.1) is 0 Å². The molecule has 1 amide bonds. The molecule has 0 unspecified atom stereocenters. The summed E-state index contributed by atoms with van der Waals surface area (Å²) in [5, 5.41) is 12.4. The van der Waals surface area contributed by atoms with Crippen LogP contribution in [0.25, 0.3) is 5.88 Å². The molecule has 0 saturated carbocycles. The molecule has 0 bridgehead atoms. The van der Waals surface area contributed by atoms with E-state index in [9.17, 15) is 14.9 Å². The summed E-state index contributed by atoms with van der Waals surface area (Å²) in [6, 6.07) is 15.5. The van der Waals surface area contributed by atoms with E-state index in [-0.39, 0.29) is 28.7 Å². The van der Waals surface area contributed by atoms with Gasteiger partial charge < -0.3 is 14.5 Å². The summed E-state index contributed by atoms with van der Waals surface area (Å²) in [7, 11) is 0. The number of ether oxygens (including phenoxy) is 1. The molecule has 0 radical (unpaired) electrons. The average molecular weight is 419 g/mol. The first kappa shape index (κ1) is 21.9. The monoisotopic (exact) mass is 419 g/mol. The van der Waals surface area contributed by atoms with Gasteiger partial charge in [0.2, 0.25) is 5.88 Å². The number of nitrogens with zero attached hydrogens (tertiary/aromatic N) is 2. The minimum Gasteiger partial charge on any atom is -0.449 e. The highest BCUT2D eigenvalue weighted by molar-refractivity contribution is 5.96. The maximum atomic E-state index is 12.7. The summed E-state index contributed by atoms with van der Waals surface area (Å²) in [5.41, 5.74) is 1.24. The molecule has 2 heterocycles. The standard InChI is InChI=1S/C24H25N3O4/c1-4-18(19-10-6-5-7-11-19)15-26-22(28)17(3)31-24(29)21-16(2)30-23(20(21)14-25)27-12-8-9-13-27/h5-13,17-18H,4,15H2,1-3H3,(H,26,28)/t17-,18-/m0/s1. The number of aromatic nitrogens is 1. The maximum Gasteiger partial charge on any atom is 0.343 e. The van der Waals surface area contributed by atoms with Crippen LogP contribution in [0.1, 0.15) is 53.4 Å². The molecule has 3 rings (SSSR count). The normalized spacial score (nSPS) is 12.6. The summed E-state index contributed by atoms with van der Waals surface area (Å²) in [5.74, 6) is -0.504. The molecule has 160 valence electrons. The van der Waals surface area contributed by atoms with Crippen molar-refractivity contribution in [1.29, 1.82) is 5.26 Å². The van der Waals surface area contributed by atoms with E-state index in [1.807, 2.05) is 36.4 Å². The Balaban J connectivity index is 1.67. The lowest BCUT2D eigenvalue weighted by Gasteiger charge is -2.18. The number of hydrogen-bond acceptors (Lipinski definition) is 5. The second-order valence-electron chi connectivity index (χ2n) is 7.22. The molecular weight excluding hydrogens is 394 g/mol. The molecule has 0 spiro atoms. The number of aryl methyl sites for hydroxylation is 1. The molecular formula is C24H25N3O4. The number of benzene rings is 1. The Kier molecular flexibility index (Phi) is 6.93. The van der Waals surface area contributed by atoms with Gasteiger partial charge in [-0.15, -0.1) is 0 Å². The van der Waals surface area contributed by atoms with Crippen molar-refractivity contribution >= 4 is 11.9 Å². The van der Waals surface area contributed by atoms with Crippen LogP contribution < -0.4 is 5.32 Å². The third-order valence-electron chi connectivity index (χ3n) is 5.16. The predicted molar refractivity (Wildman–Crippen MR) is 115 cm³/mol. The van der Waals surface area contributed by atoms with Gasteiger partial charge in [-0.2, -0.15) is 5.26 Å². The molecule has 1 aromatic carbocycles. The number of nitriles is 1. The van der Waals surface area contributed by atoms with Crippen molar-refractivity contribution in [1.82, 2.24) is 9.88 Å². The highest BCUT2D eigenvalue weighted by Crippen LogP contribution is 2.26. The minimum atomic E-state index is -1.02. The van der Waals surface area contributed by atoms with Gasteiger partial charge in [-0.1, -0.05) is 37.3 Å². The van der Waals surface area contributed by atoms with Crippen LogP contribution >= 0.6 is 0 Å². The number of hydrogen-bond donors (Lipinski definition) is 1. The van der Waals surface area contributed by atoms with Crippen molar-refractivity contribution in [3.63, 3.8) is 0 Å². The molecule has 31 heavy (non-hydrogen) atoms. The number of rotatable bonds is 8. The molecule has 3 aromatic rings. The van der Waals surface area contributed by atoms with Gasteiger partial charge in [-0.25, -0.2) is 4.79 Å². The van der Waals surface area contributed by atoms with Crippen LogP contribution in [0.15, 0.2) is 59.3 Å². The number of esters is 1. The van der Waals surface area contributed by atoms with Gasteiger partial charge in [-0.3, -0.25) is 9.36 Å². The molecule has 2 aromatic heterocycles. The molecule has 0 aliphatic carbocycles. The van der Waals surface area contributed by atoms with E-state index in [2.05, 4.69) is 12.2 Å². The molecule has 7 nitrogen and oxygen atoms in total. The maximum absolute atomic E-state index is 12.7. The smallest absolute Gasteiger partial charge is 0.343 e. The Labute approximate surface area is 181 Å². The Morgan fingerprint density at radius 3 is 2.48 bits per heavy atom. The third kappa shape index (κ3) is 4.86. The lowest BCUT2D eigenvalue weighted by Crippen LogP contribution is -2.38. The van der Waals surface area contributed by atoms with Gasteiger partial charge in [-0.05, 0) is 38.0 Å². The Hall–Kier alpha value is -3.79. The van der Waals surface area contributed by atoms with E-state index in [0.717, 1.165) is 12.0 Å². The molecule has 0 aliphatic rings. The third-order valence-corrected chi connectivity index (χ3v) is 5.16. The van der Waals surface area contributed by atoms with Gasteiger partial charge in [0.15, 0.2) is 6.10 Å². The van der Waals surface area contributed by atoms with Gasteiger partial charge in [0.1, 0.15) is 23.0 Å². The Morgan fingerprint density at radius 1 is 1.19 bits per heavy atom. The van der Waals surface area contributed by atoms with Crippen molar-refractivity contribution in [3.8, 4) is 12.0 Å². The Bertz CT molecular complexity index is 1080. The molecule has 0 saturated heterocycles. The second kappa shape index (κ2) is 9.81. The van der Waals surface area contributed by atoms with Crippen molar-refractivity contribution in [2.75, 3.05) is 6.54 Å².